The summed E-state index contributed by atoms with van der Waals surface area (Å²) < 4.78 is 37.2. The van der Waals surface area contributed by atoms with Crippen LogP contribution < -0.4 is 14.8 Å². The van der Waals surface area contributed by atoms with Crippen LogP contribution in [-0.4, -0.2) is 28.5 Å². The number of aryl methyl sites for hydroxylation is 1. The fraction of sp³-hybridized carbons (Fsp3) is 0.227. The molecule has 3 aromatic rings. The number of thiophene rings is 1. The SMILES string of the molecule is COc1ccc([C@H]2CC(=O)Nc3c(S(=O)(=O)c4cccc(C)c4)csc32)cc1OC. The second kappa shape index (κ2) is 7.77. The molecular weight excluding hydrogens is 422 g/mol. The van der Waals surface area contributed by atoms with Crippen molar-refractivity contribution in [2.45, 2.75) is 29.1 Å². The van der Waals surface area contributed by atoms with Crippen LogP contribution in [0.5, 0.6) is 11.5 Å². The summed E-state index contributed by atoms with van der Waals surface area (Å²) in [4.78, 5) is 13.7. The lowest BCUT2D eigenvalue weighted by Gasteiger charge is -2.24. The highest BCUT2D eigenvalue weighted by atomic mass is 32.2. The number of hydrogen-bond acceptors (Lipinski definition) is 6. The van der Waals surface area contributed by atoms with Crippen molar-refractivity contribution >= 4 is 32.8 Å². The molecule has 0 bridgehead atoms. The Kier molecular flexibility index (Phi) is 5.29. The summed E-state index contributed by atoms with van der Waals surface area (Å²) in [5.41, 5.74) is 2.09. The summed E-state index contributed by atoms with van der Waals surface area (Å²) in [6, 6.07) is 12.3. The first-order valence-electron chi connectivity index (χ1n) is 9.30. The van der Waals surface area contributed by atoms with Crippen molar-refractivity contribution in [1.29, 1.82) is 0 Å². The van der Waals surface area contributed by atoms with E-state index in [1.54, 1.807) is 43.9 Å². The highest BCUT2D eigenvalue weighted by Gasteiger charge is 2.34. The van der Waals surface area contributed by atoms with E-state index in [2.05, 4.69) is 5.32 Å². The zero-order valence-electron chi connectivity index (χ0n) is 16.8. The van der Waals surface area contributed by atoms with Crippen molar-refractivity contribution in [3.05, 3.63) is 63.8 Å². The van der Waals surface area contributed by atoms with Gasteiger partial charge in [-0.05, 0) is 42.3 Å². The van der Waals surface area contributed by atoms with Gasteiger partial charge in [-0.15, -0.1) is 11.3 Å². The molecule has 156 valence electrons. The van der Waals surface area contributed by atoms with Gasteiger partial charge in [0.2, 0.25) is 15.7 Å². The van der Waals surface area contributed by atoms with Crippen LogP contribution in [0.1, 0.15) is 28.3 Å². The number of amides is 1. The van der Waals surface area contributed by atoms with E-state index in [1.165, 1.54) is 11.3 Å². The zero-order valence-corrected chi connectivity index (χ0v) is 18.4. The number of carbonyl (C=O) groups excluding carboxylic acids is 1. The summed E-state index contributed by atoms with van der Waals surface area (Å²) in [7, 11) is -0.646. The molecule has 0 aliphatic carbocycles. The molecule has 6 nitrogen and oxygen atoms in total. The number of methoxy groups -OCH3 is 2. The normalized spacial score (nSPS) is 16.0. The molecule has 0 spiro atoms. The van der Waals surface area contributed by atoms with Crippen LogP contribution in [0.25, 0.3) is 0 Å². The maximum atomic E-state index is 13.3. The Morgan fingerprint density at radius 2 is 1.83 bits per heavy atom. The summed E-state index contributed by atoms with van der Waals surface area (Å²) in [6.07, 6.45) is 0.229. The van der Waals surface area contributed by atoms with Crippen molar-refractivity contribution in [2.24, 2.45) is 0 Å². The predicted octanol–water partition coefficient (Wildman–Crippen LogP) is 4.38. The molecule has 2 aromatic carbocycles. The quantitative estimate of drug-likeness (QED) is 0.633. The fourth-order valence-corrected chi connectivity index (χ4v) is 6.66. The third-order valence-corrected chi connectivity index (χ3v) is 8.18. The minimum absolute atomic E-state index is 0.131. The van der Waals surface area contributed by atoms with Crippen molar-refractivity contribution in [2.75, 3.05) is 19.5 Å². The van der Waals surface area contributed by atoms with E-state index in [0.29, 0.717) is 17.2 Å². The van der Waals surface area contributed by atoms with Gasteiger partial charge in [0, 0.05) is 22.6 Å². The number of nitrogens with one attached hydrogen (secondary N) is 1. The van der Waals surface area contributed by atoms with Crippen LogP contribution in [0.4, 0.5) is 5.69 Å². The van der Waals surface area contributed by atoms with Gasteiger partial charge in [0.25, 0.3) is 0 Å². The molecule has 1 aliphatic rings. The fourth-order valence-electron chi connectivity index (χ4n) is 3.65. The molecular formula is C22H21NO5S2. The van der Waals surface area contributed by atoms with Crippen molar-refractivity contribution in [3.8, 4) is 11.5 Å². The molecule has 0 radical (unpaired) electrons. The Bertz CT molecular complexity index is 1230. The minimum Gasteiger partial charge on any atom is -0.493 e. The largest absolute Gasteiger partial charge is 0.493 e. The van der Waals surface area contributed by atoms with Crippen LogP contribution in [0.15, 0.2) is 57.6 Å². The Morgan fingerprint density at radius 3 is 2.53 bits per heavy atom. The average molecular weight is 444 g/mol. The number of carbonyl (C=O) groups is 1. The van der Waals surface area contributed by atoms with Gasteiger partial charge in [-0.1, -0.05) is 18.2 Å². The van der Waals surface area contributed by atoms with E-state index in [0.717, 1.165) is 16.0 Å². The van der Waals surface area contributed by atoms with E-state index in [-0.39, 0.29) is 28.0 Å². The second-order valence-corrected chi connectivity index (χ2v) is 9.91. The topological polar surface area (TPSA) is 81.7 Å². The lowest BCUT2D eigenvalue weighted by molar-refractivity contribution is -0.116. The van der Waals surface area contributed by atoms with E-state index in [1.807, 2.05) is 25.1 Å². The van der Waals surface area contributed by atoms with Gasteiger partial charge in [0.15, 0.2) is 11.5 Å². The number of sulfone groups is 1. The van der Waals surface area contributed by atoms with Crippen LogP contribution >= 0.6 is 11.3 Å². The molecule has 0 unspecified atom stereocenters. The zero-order chi connectivity index (χ0) is 21.5. The summed E-state index contributed by atoms with van der Waals surface area (Å²) >= 11 is 1.34. The van der Waals surface area contributed by atoms with Gasteiger partial charge in [-0.25, -0.2) is 8.42 Å². The average Bonchev–Trinajstić information content (AvgIpc) is 3.17. The van der Waals surface area contributed by atoms with Crippen molar-refractivity contribution < 1.29 is 22.7 Å². The number of ether oxygens (including phenoxy) is 2. The number of hydrogen-bond donors (Lipinski definition) is 1. The molecule has 30 heavy (non-hydrogen) atoms. The molecule has 1 N–H and O–H groups in total. The summed E-state index contributed by atoms with van der Waals surface area (Å²) in [5.74, 6) is 0.670. The van der Waals surface area contributed by atoms with Crippen LogP contribution in [0.3, 0.4) is 0 Å². The lowest BCUT2D eigenvalue weighted by Crippen LogP contribution is -2.23. The third-order valence-electron chi connectivity index (χ3n) is 5.16. The molecule has 2 heterocycles. The number of rotatable bonds is 5. The molecule has 1 amide bonds. The number of benzene rings is 2. The van der Waals surface area contributed by atoms with Crippen molar-refractivity contribution in [1.82, 2.24) is 0 Å². The van der Waals surface area contributed by atoms with Gasteiger partial charge in [0.1, 0.15) is 4.90 Å². The van der Waals surface area contributed by atoms with Crippen molar-refractivity contribution in [3.63, 3.8) is 0 Å². The molecule has 1 aliphatic heterocycles. The first-order valence-corrected chi connectivity index (χ1v) is 11.7. The molecule has 8 heteroatoms. The first-order chi connectivity index (χ1) is 14.3. The summed E-state index contributed by atoms with van der Waals surface area (Å²) in [5, 5.41) is 4.40. The maximum Gasteiger partial charge on any atom is 0.225 e. The lowest BCUT2D eigenvalue weighted by atomic mass is 9.90. The highest BCUT2D eigenvalue weighted by Crippen LogP contribution is 2.47. The van der Waals surface area contributed by atoms with Gasteiger partial charge in [0.05, 0.1) is 24.8 Å². The highest BCUT2D eigenvalue weighted by molar-refractivity contribution is 7.91. The molecule has 1 atom stereocenters. The van der Waals surface area contributed by atoms with Gasteiger partial charge < -0.3 is 14.8 Å². The Labute approximate surface area is 179 Å². The van der Waals surface area contributed by atoms with E-state index in [4.69, 9.17) is 9.47 Å². The van der Waals surface area contributed by atoms with Gasteiger partial charge in [-0.3, -0.25) is 4.79 Å². The monoisotopic (exact) mass is 443 g/mol. The number of fused-ring (bicyclic) bond motifs is 1. The van der Waals surface area contributed by atoms with Crippen LogP contribution in [0, 0.1) is 6.92 Å². The predicted molar refractivity (Wildman–Crippen MR) is 116 cm³/mol. The van der Waals surface area contributed by atoms with E-state index >= 15 is 0 Å². The van der Waals surface area contributed by atoms with Crippen LogP contribution in [0.2, 0.25) is 0 Å². The molecule has 4 rings (SSSR count). The minimum atomic E-state index is -3.76. The Hall–Kier alpha value is -2.84. The smallest absolute Gasteiger partial charge is 0.225 e. The standard InChI is InChI=1S/C22H21NO5S2/c1-13-5-4-6-15(9-13)30(25,26)19-12-29-22-16(11-20(24)23-21(19)22)14-7-8-17(27-2)18(10-14)28-3/h4-10,12,16H,11H2,1-3H3,(H,23,24)/t16-/m1/s1. The molecule has 0 saturated carbocycles. The number of anilines is 1. The van der Waals surface area contributed by atoms with Crippen LogP contribution in [-0.2, 0) is 14.6 Å². The maximum absolute atomic E-state index is 13.3. The molecule has 0 fully saturated rings. The molecule has 0 saturated heterocycles. The summed E-state index contributed by atoms with van der Waals surface area (Å²) in [6.45, 7) is 1.84. The van der Waals surface area contributed by atoms with Gasteiger partial charge in [-0.2, -0.15) is 0 Å². The van der Waals surface area contributed by atoms with Gasteiger partial charge >= 0.3 is 0 Å². The first kappa shape index (κ1) is 20.4. The van der Waals surface area contributed by atoms with E-state index in [9.17, 15) is 13.2 Å². The Balaban J connectivity index is 1.82. The molecule has 1 aromatic heterocycles. The Morgan fingerprint density at radius 1 is 1.07 bits per heavy atom. The second-order valence-electron chi connectivity index (χ2n) is 7.08. The van der Waals surface area contributed by atoms with E-state index < -0.39 is 9.84 Å². The third kappa shape index (κ3) is 3.46.